The minimum atomic E-state index is -0.919. The minimum absolute atomic E-state index is 0.100. The minimum Gasteiger partial charge on any atom is -0.457 e. The molecular weight excluding hydrogens is 440 g/mol. The van der Waals surface area contributed by atoms with E-state index in [2.05, 4.69) is 4.90 Å². The quantitative estimate of drug-likeness (QED) is 0.662. The lowest BCUT2D eigenvalue weighted by molar-refractivity contribution is -0.159. The number of hydrogen-bond donors (Lipinski definition) is 1. The summed E-state index contributed by atoms with van der Waals surface area (Å²) < 4.78 is 16.4. The number of benzene rings is 1. The Kier molecular flexibility index (Phi) is 5.95. The Morgan fingerprint density at radius 3 is 2.47 bits per heavy atom. The first-order valence-electron chi connectivity index (χ1n) is 11.8. The number of hydrogen-bond acceptors (Lipinski definition) is 8. The number of amides is 1. The number of rotatable bonds is 4. The third kappa shape index (κ3) is 3.81. The maximum atomic E-state index is 13.6. The highest BCUT2D eigenvalue weighted by Crippen LogP contribution is 2.35. The van der Waals surface area contributed by atoms with Gasteiger partial charge in [0.15, 0.2) is 0 Å². The van der Waals surface area contributed by atoms with Crippen LogP contribution in [0, 0.1) is 6.92 Å². The van der Waals surface area contributed by atoms with Gasteiger partial charge >= 0.3 is 11.9 Å². The highest BCUT2D eigenvalue weighted by Gasteiger charge is 2.48. The van der Waals surface area contributed by atoms with Crippen LogP contribution in [0.5, 0.6) is 0 Å². The average Bonchev–Trinajstić information content (AvgIpc) is 3.32. The number of piperidine rings is 1. The summed E-state index contributed by atoms with van der Waals surface area (Å²) in [5, 5.41) is 11.0. The van der Waals surface area contributed by atoms with Crippen molar-refractivity contribution in [2.24, 2.45) is 0 Å². The number of aliphatic hydroxyl groups excluding tert-OH is 1. The van der Waals surface area contributed by atoms with Crippen LogP contribution in [0.3, 0.4) is 0 Å². The van der Waals surface area contributed by atoms with Gasteiger partial charge in [-0.3, -0.25) is 4.79 Å². The van der Waals surface area contributed by atoms with E-state index in [9.17, 15) is 19.5 Å². The van der Waals surface area contributed by atoms with E-state index < -0.39 is 11.7 Å². The number of likely N-dealkylation sites (tertiary alicyclic amines) is 1. The van der Waals surface area contributed by atoms with Crippen LogP contribution in [0.2, 0.25) is 0 Å². The van der Waals surface area contributed by atoms with Gasteiger partial charge in [0.2, 0.25) is 0 Å². The molecule has 1 unspecified atom stereocenters. The lowest BCUT2D eigenvalue weighted by Gasteiger charge is -2.42. The molecule has 0 bridgehead atoms. The lowest BCUT2D eigenvalue weighted by Crippen LogP contribution is -2.55. The highest BCUT2D eigenvalue weighted by atomic mass is 16.5. The van der Waals surface area contributed by atoms with Crippen LogP contribution in [-0.4, -0.2) is 77.7 Å². The van der Waals surface area contributed by atoms with Crippen LogP contribution in [-0.2, 0) is 30.4 Å². The highest BCUT2D eigenvalue weighted by molar-refractivity contribution is 5.94. The van der Waals surface area contributed by atoms with E-state index in [0.29, 0.717) is 68.9 Å². The Morgan fingerprint density at radius 1 is 1.03 bits per heavy atom. The smallest absolute Gasteiger partial charge is 0.338 e. The van der Waals surface area contributed by atoms with Gasteiger partial charge in [-0.2, -0.15) is 0 Å². The molecule has 2 saturated heterocycles. The number of aliphatic hydroxyl groups is 1. The summed E-state index contributed by atoms with van der Waals surface area (Å²) in [5.74, 6) is -0.789. The number of nitrogens with zero attached hydrogens (tertiary/aromatic N) is 2. The van der Waals surface area contributed by atoms with Crippen LogP contribution >= 0.6 is 0 Å². The van der Waals surface area contributed by atoms with Crippen molar-refractivity contribution in [3.8, 4) is 0 Å². The number of β-amino-alcohol motifs (C(OH)–C–C–N with tert-alkyl or cyclic N) is 1. The van der Waals surface area contributed by atoms with Gasteiger partial charge in [-0.15, -0.1) is 0 Å². The van der Waals surface area contributed by atoms with Gasteiger partial charge in [-0.05, 0) is 50.3 Å². The van der Waals surface area contributed by atoms with E-state index in [1.165, 1.54) is 0 Å². The van der Waals surface area contributed by atoms with Crippen molar-refractivity contribution in [3.63, 3.8) is 0 Å². The van der Waals surface area contributed by atoms with Gasteiger partial charge in [-0.25, -0.2) is 9.59 Å². The van der Waals surface area contributed by atoms with E-state index in [1.807, 2.05) is 6.92 Å². The van der Waals surface area contributed by atoms with E-state index in [4.69, 9.17) is 14.2 Å². The summed E-state index contributed by atoms with van der Waals surface area (Å²) in [6, 6.07) is 3.52. The van der Waals surface area contributed by atoms with Crippen molar-refractivity contribution in [2.75, 3.05) is 39.4 Å². The summed E-state index contributed by atoms with van der Waals surface area (Å²) in [4.78, 5) is 41.1. The largest absolute Gasteiger partial charge is 0.457 e. The molecule has 9 heteroatoms. The van der Waals surface area contributed by atoms with Crippen LogP contribution in [0.1, 0.15) is 59.3 Å². The van der Waals surface area contributed by atoms with Crippen molar-refractivity contribution < 1.29 is 33.7 Å². The van der Waals surface area contributed by atoms with Crippen LogP contribution in [0.4, 0.5) is 0 Å². The third-order valence-electron chi connectivity index (χ3n) is 7.61. The summed E-state index contributed by atoms with van der Waals surface area (Å²) in [6.45, 7) is 6.61. The van der Waals surface area contributed by atoms with Gasteiger partial charge in [0.05, 0.1) is 22.9 Å². The normalized spacial score (nSPS) is 23.7. The molecule has 1 N–H and O–H groups in total. The second-order valence-corrected chi connectivity index (χ2v) is 9.50. The first kappa shape index (κ1) is 23.0. The average molecular weight is 471 g/mol. The molecule has 1 amide bonds. The fourth-order valence-electron chi connectivity index (χ4n) is 5.43. The molecule has 0 saturated carbocycles. The number of ether oxygens (including phenoxy) is 3. The second kappa shape index (κ2) is 8.79. The van der Waals surface area contributed by atoms with Crippen molar-refractivity contribution in [1.82, 2.24) is 9.80 Å². The molecule has 0 aliphatic carbocycles. The molecule has 34 heavy (non-hydrogen) atoms. The molecule has 2 fully saturated rings. The summed E-state index contributed by atoms with van der Waals surface area (Å²) in [7, 11) is 0. The van der Waals surface area contributed by atoms with Crippen LogP contribution in [0.25, 0.3) is 0 Å². The monoisotopic (exact) mass is 470 g/mol. The molecule has 1 aromatic carbocycles. The first-order valence-corrected chi connectivity index (χ1v) is 11.8. The van der Waals surface area contributed by atoms with Gasteiger partial charge in [0.1, 0.15) is 18.8 Å². The number of fused-ring (bicyclic) bond motifs is 1. The van der Waals surface area contributed by atoms with Crippen molar-refractivity contribution >= 4 is 17.8 Å². The number of esters is 2. The Labute approximate surface area is 198 Å². The molecule has 4 aliphatic rings. The van der Waals surface area contributed by atoms with E-state index in [0.717, 1.165) is 16.7 Å². The Hall–Kier alpha value is -2.75. The zero-order valence-electron chi connectivity index (χ0n) is 19.6. The zero-order chi connectivity index (χ0) is 24.0. The predicted octanol–water partition coefficient (Wildman–Crippen LogP) is 1.61. The number of carbonyl (C=O) groups excluding carboxylic acids is 3. The van der Waals surface area contributed by atoms with Crippen LogP contribution in [0.15, 0.2) is 23.4 Å². The summed E-state index contributed by atoms with van der Waals surface area (Å²) in [5.41, 5.74) is 3.31. The van der Waals surface area contributed by atoms with Gasteiger partial charge in [0, 0.05) is 38.3 Å². The molecule has 1 atom stereocenters. The maximum absolute atomic E-state index is 13.6. The fraction of sp³-hybridized carbons (Fsp3) is 0.560. The molecule has 4 aliphatic heterocycles. The predicted molar refractivity (Wildman–Crippen MR) is 120 cm³/mol. The van der Waals surface area contributed by atoms with E-state index in [1.54, 1.807) is 24.0 Å². The molecule has 0 aromatic heterocycles. The SMILES string of the molecule is CC1=C(N2CCCOC3(CCN(CC(O)c4ccc5c(c4C)COC5=O)CC3)C2=O)COC1=O. The van der Waals surface area contributed by atoms with Crippen molar-refractivity contribution in [3.05, 3.63) is 45.7 Å². The topological polar surface area (TPSA) is 106 Å². The van der Waals surface area contributed by atoms with Gasteiger partial charge in [-0.1, -0.05) is 6.07 Å². The number of cyclic esters (lactones) is 2. The molecule has 4 heterocycles. The standard InChI is InChI=1S/C25H30N2O7/c1-15-17(4-5-18-19(15)13-32-23(18)30)21(28)12-26-9-6-25(7-10-26)24(31)27(8-3-11-34-25)20-14-33-22(29)16(20)2/h4-5,21,28H,3,6-14H2,1-2H3. The molecule has 1 spiro atoms. The molecule has 1 aromatic rings. The fourth-order valence-corrected chi connectivity index (χ4v) is 5.43. The van der Waals surface area contributed by atoms with E-state index >= 15 is 0 Å². The molecular formula is C25H30N2O7. The van der Waals surface area contributed by atoms with Gasteiger partial charge in [0.25, 0.3) is 5.91 Å². The Bertz CT molecular complexity index is 1070. The second-order valence-electron chi connectivity index (χ2n) is 9.50. The molecule has 182 valence electrons. The van der Waals surface area contributed by atoms with E-state index in [-0.39, 0.29) is 31.1 Å². The van der Waals surface area contributed by atoms with Crippen molar-refractivity contribution in [2.45, 2.75) is 51.4 Å². The Morgan fingerprint density at radius 2 is 1.76 bits per heavy atom. The first-order chi connectivity index (χ1) is 16.3. The molecule has 9 nitrogen and oxygen atoms in total. The van der Waals surface area contributed by atoms with Crippen LogP contribution < -0.4 is 0 Å². The summed E-state index contributed by atoms with van der Waals surface area (Å²) in [6.07, 6.45) is 1.01. The third-order valence-corrected chi connectivity index (χ3v) is 7.61. The maximum Gasteiger partial charge on any atom is 0.338 e. The zero-order valence-corrected chi connectivity index (χ0v) is 19.6. The Balaban J connectivity index is 1.26. The van der Waals surface area contributed by atoms with Gasteiger partial charge < -0.3 is 29.1 Å². The summed E-state index contributed by atoms with van der Waals surface area (Å²) >= 11 is 0. The molecule has 0 radical (unpaired) electrons. The number of carbonyl (C=O) groups is 3. The molecule has 5 rings (SSSR count). The van der Waals surface area contributed by atoms with Crippen molar-refractivity contribution in [1.29, 1.82) is 0 Å². The lowest BCUT2D eigenvalue weighted by atomic mass is 9.88.